The van der Waals surface area contributed by atoms with Crippen molar-refractivity contribution in [1.82, 2.24) is 20.5 Å². The van der Waals surface area contributed by atoms with Gasteiger partial charge in [0, 0.05) is 42.5 Å². The van der Waals surface area contributed by atoms with Crippen LogP contribution in [-0.4, -0.2) is 69.6 Å². The molecule has 1 aliphatic rings. The van der Waals surface area contributed by atoms with Gasteiger partial charge in [-0.15, -0.1) is 0 Å². The monoisotopic (exact) mass is 528 g/mol. The fraction of sp³-hybridized carbons (Fsp3) is 0.571. The van der Waals surface area contributed by atoms with Crippen molar-refractivity contribution >= 4 is 34.8 Å². The van der Waals surface area contributed by atoms with E-state index in [9.17, 15) is 24.3 Å². The number of likely N-dealkylation sites (tertiary alicyclic amines) is 1. The average molecular weight is 529 g/mol. The van der Waals surface area contributed by atoms with Gasteiger partial charge < -0.3 is 30.4 Å². The second-order valence-electron chi connectivity index (χ2n) is 11.1. The predicted octanol–water partition coefficient (Wildman–Crippen LogP) is 3.46. The van der Waals surface area contributed by atoms with E-state index in [1.807, 2.05) is 38.1 Å². The van der Waals surface area contributed by atoms with Gasteiger partial charge in [0.1, 0.15) is 17.7 Å². The Kier molecular flexibility index (Phi) is 9.40. The van der Waals surface area contributed by atoms with Crippen molar-refractivity contribution in [3.05, 3.63) is 36.0 Å². The van der Waals surface area contributed by atoms with Crippen LogP contribution in [0.3, 0.4) is 0 Å². The number of carbonyl (C=O) groups excluding carboxylic acids is 3. The number of piperidine rings is 1. The summed E-state index contributed by atoms with van der Waals surface area (Å²) in [6.45, 7) is 9.83. The number of hydrogen-bond donors (Lipinski definition) is 4. The largest absolute Gasteiger partial charge is 0.480 e. The number of fused-ring (bicyclic) bond motifs is 1. The SMILES string of the molecule is CC[C@@H](C)[C@H](NC(=O)OC(C)(C)C)C(=O)N1CCC(C(=O)N[C@@H](Cc2c[nH]c3ccccc23)C(=O)O)CC1. The number of para-hydroxylation sites is 1. The summed E-state index contributed by atoms with van der Waals surface area (Å²) in [7, 11) is 0. The standard InChI is InChI=1S/C28H40N4O6/c1-6-17(2)23(31-27(37)38-28(3,4)5)25(34)32-13-11-18(12-14-32)24(33)30-22(26(35)36)15-19-16-29-21-10-8-7-9-20(19)21/h7-10,16-18,22-23,29H,6,11-15H2,1-5H3,(H,30,33)(H,31,37)(H,35,36)/t17-,22+,23+/m1/s1. The molecule has 2 heterocycles. The van der Waals surface area contributed by atoms with Crippen molar-refractivity contribution < 1.29 is 29.0 Å². The lowest BCUT2D eigenvalue weighted by atomic mass is 9.92. The molecule has 3 amide bonds. The molecular weight excluding hydrogens is 488 g/mol. The first-order valence-corrected chi connectivity index (χ1v) is 13.3. The second-order valence-corrected chi connectivity index (χ2v) is 11.1. The molecule has 0 bridgehead atoms. The fourth-order valence-electron chi connectivity index (χ4n) is 4.69. The molecular formula is C28H40N4O6. The van der Waals surface area contributed by atoms with Crippen molar-refractivity contribution in [1.29, 1.82) is 0 Å². The van der Waals surface area contributed by atoms with E-state index in [1.165, 1.54) is 0 Å². The Balaban J connectivity index is 1.58. The summed E-state index contributed by atoms with van der Waals surface area (Å²) in [6.07, 6.45) is 2.82. The van der Waals surface area contributed by atoms with E-state index in [0.29, 0.717) is 32.4 Å². The van der Waals surface area contributed by atoms with Crippen molar-refractivity contribution in [2.24, 2.45) is 11.8 Å². The first kappa shape index (κ1) is 29.0. The Labute approximate surface area is 223 Å². The Bertz CT molecular complexity index is 1150. The third-order valence-corrected chi connectivity index (χ3v) is 7.04. The van der Waals surface area contributed by atoms with Gasteiger partial charge in [-0.1, -0.05) is 38.5 Å². The number of carboxylic acids is 1. The van der Waals surface area contributed by atoms with E-state index in [0.717, 1.165) is 16.5 Å². The topological polar surface area (TPSA) is 141 Å². The molecule has 3 atom stereocenters. The smallest absolute Gasteiger partial charge is 0.408 e. The average Bonchev–Trinajstić information content (AvgIpc) is 3.27. The number of aromatic amines is 1. The van der Waals surface area contributed by atoms with Crippen LogP contribution < -0.4 is 10.6 Å². The van der Waals surface area contributed by atoms with Gasteiger partial charge in [-0.05, 0) is 51.2 Å². The molecule has 4 N–H and O–H groups in total. The number of hydrogen-bond acceptors (Lipinski definition) is 5. The second kappa shape index (κ2) is 12.3. The summed E-state index contributed by atoms with van der Waals surface area (Å²) >= 11 is 0. The summed E-state index contributed by atoms with van der Waals surface area (Å²) < 4.78 is 5.34. The van der Waals surface area contributed by atoms with E-state index < -0.39 is 35.7 Å². The van der Waals surface area contributed by atoms with Crippen LogP contribution in [-0.2, 0) is 25.5 Å². The molecule has 38 heavy (non-hydrogen) atoms. The Morgan fingerprint density at radius 3 is 2.39 bits per heavy atom. The van der Waals surface area contributed by atoms with Gasteiger partial charge in [-0.25, -0.2) is 9.59 Å². The van der Waals surface area contributed by atoms with Gasteiger partial charge in [0.2, 0.25) is 11.8 Å². The number of benzene rings is 1. The minimum Gasteiger partial charge on any atom is -0.480 e. The zero-order valence-corrected chi connectivity index (χ0v) is 22.9. The molecule has 0 spiro atoms. The van der Waals surface area contributed by atoms with Crippen molar-refractivity contribution in [3.8, 4) is 0 Å². The summed E-state index contributed by atoms with van der Waals surface area (Å²) in [6, 6.07) is 5.82. The predicted molar refractivity (Wildman–Crippen MR) is 143 cm³/mol. The van der Waals surface area contributed by atoms with Crippen LogP contribution in [0.2, 0.25) is 0 Å². The maximum absolute atomic E-state index is 13.3. The van der Waals surface area contributed by atoms with E-state index in [2.05, 4.69) is 15.6 Å². The fourth-order valence-corrected chi connectivity index (χ4v) is 4.69. The van der Waals surface area contributed by atoms with Crippen molar-refractivity contribution in [2.75, 3.05) is 13.1 Å². The lowest BCUT2D eigenvalue weighted by molar-refractivity contribution is -0.143. The molecule has 0 radical (unpaired) electrons. The summed E-state index contributed by atoms with van der Waals surface area (Å²) in [5, 5.41) is 16.1. The molecule has 1 fully saturated rings. The van der Waals surface area contributed by atoms with Gasteiger partial charge in [0.25, 0.3) is 0 Å². The Hall–Kier alpha value is -3.56. The Morgan fingerprint density at radius 2 is 1.79 bits per heavy atom. The number of carbonyl (C=O) groups is 4. The zero-order chi connectivity index (χ0) is 28.0. The number of aromatic nitrogens is 1. The van der Waals surface area contributed by atoms with Crippen molar-refractivity contribution in [3.63, 3.8) is 0 Å². The highest BCUT2D eigenvalue weighted by Gasteiger charge is 2.35. The minimum absolute atomic E-state index is 0.100. The molecule has 208 valence electrons. The number of aliphatic carboxylic acids is 1. The number of H-pyrrole nitrogens is 1. The van der Waals surface area contributed by atoms with Crippen LogP contribution in [0.15, 0.2) is 30.5 Å². The lowest BCUT2D eigenvalue weighted by Crippen LogP contribution is -2.55. The lowest BCUT2D eigenvalue weighted by Gasteiger charge is -2.35. The summed E-state index contributed by atoms with van der Waals surface area (Å²) in [5.41, 5.74) is 1.05. The van der Waals surface area contributed by atoms with E-state index in [-0.39, 0.29) is 24.2 Å². The molecule has 0 unspecified atom stereocenters. The maximum atomic E-state index is 13.3. The highest BCUT2D eigenvalue weighted by atomic mass is 16.6. The number of ether oxygens (including phenoxy) is 1. The minimum atomic E-state index is -1.10. The van der Waals surface area contributed by atoms with Gasteiger partial charge >= 0.3 is 12.1 Å². The molecule has 2 aromatic rings. The molecule has 3 rings (SSSR count). The molecule has 0 saturated carbocycles. The number of nitrogens with one attached hydrogen (secondary N) is 3. The zero-order valence-electron chi connectivity index (χ0n) is 22.9. The van der Waals surface area contributed by atoms with Crippen LogP contribution in [0.4, 0.5) is 4.79 Å². The number of alkyl carbamates (subject to hydrolysis) is 1. The Morgan fingerprint density at radius 1 is 1.13 bits per heavy atom. The van der Waals surface area contributed by atoms with Crippen LogP contribution >= 0.6 is 0 Å². The normalized spacial score (nSPS) is 16.9. The molecule has 1 saturated heterocycles. The van der Waals surface area contributed by atoms with Crippen LogP contribution in [0.25, 0.3) is 10.9 Å². The third-order valence-electron chi connectivity index (χ3n) is 7.04. The number of nitrogens with zero attached hydrogens (tertiary/aromatic N) is 1. The van der Waals surface area contributed by atoms with Crippen molar-refractivity contribution in [2.45, 2.75) is 78.0 Å². The quantitative estimate of drug-likeness (QED) is 0.393. The van der Waals surface area contributed by atoms with E-state index >= 15 is 0 Å². The van der Waals surface area contributed by atoms with Gasteiger partial charge in [0.05, 0.1) is 0 Å². The maximum Gasteiger partial charge on any atom is 0.408 e. The van der Waals surface area contributed by atoms with E-state index in [4.69, 9.17) is 4.74 Å². The first-order valence-electron chi connectivity index (χ1n) is 13.3. The summed E-state index contributed by atoms with van der Waals surface area (Å²) in [5.74, 6) is -2.12. The van der Waals surface area contributed by atoms with Gasteiger partial charge in [0.15, 0.2) is 0 Å². The van der Waals surface area contributed by atoms with Gasteiger partial charge in [-0.2, -0.15) is 0 Å². The molecule has 1 aromatic heterocycles. The highest BCUT2D eigenvalue weighted by molar-refractivity contribution is 5.88. The highest BCUT2D eigenvalue weighted by Crippen LogP contribution is 2.22. The third kappa shape index (κ3) is 7.49. The van der Waals surface area contributed by atoms with Crippen LogP contribution in [0.5, 0.6) is 0 Å². The molecule has 1 aliphatic heterocycles. The van der Waals surface area contributed by atoms with E-state index in [1.54, 1.807) is 31.9 Å². The molecule has 1 aromatic carbocycles. The van der Waals surface area contributed by atoms with Gasteiger partial charge in [-0.3, -0.25) is 9.59 Å². The first-order chi connectivity index (χ1) is 17.9. The molecule has 10 heteroatoms. The number of amides is 3. The van der Waals surface area contributed by atoms with Crippen LogP contribution in [0, 0.1) is 11.8 Å². The summed E-state index contributed by atoms with van der Waals surface area (Å²) in [4.78, 5) is 55.4. The molecule has 0 aliphatic carbocycles. The van der Waals surface area contributed by atoms with Crippen LogP contribution in [0.1, 0.15) is 59.4 Å². The number of carboxylic acid groups (broad SMARTS) is 1. The molecule has 10 nitrogen and oxygen atoms in total. The number of rotatable bonds is 9.